The van der Waals surface area contributed by atoms with E-state index in [1.165, 1.54) is 6.92 Å². The summed E-state index contributed by atoms with van der Waals surface area (Å²) >= 11 is 0. The van der Waals surface area contributed by atoms with Crippen molar-refractivity contribution in [1.29, 1.82) is 0 Å². The lowest BCUT2D eigenvalue weighted by atomic mass is 10.1. The molecule has 2 atom stereocenters. The van der Waals surface area contributed by atoms with Gasteiger partial charge in [0.1, 0.15) is 5.82 Å². The highest BCUT2D eigenvalue weighted by molar-refractivity contribution is 5.78. The lowest BCUT2D eigenvalue weighted by Crippen LogP contribution is -2.38. The Kier molecular flexibility index (Phi) is 5.35. The zero-order valence-electron chi connectivity index (χ0n) is 15.4. The minimum atomic E-state index is -0.205. The van der Waals surface area contributed by atoms with Crippen molar-refractivity contribution in [2.24, 2.45) is 5.92 Å². The molecule has 2 aromatic rings. The molecule has 26 heavy (non-hydrogen) atoms. The van der Waals surface area contributed by atoms with Crippen molar-refractivity contribution < 1.29 is 9.59 Å². The van der Waals surface area contributed by atoms with Crippen LogP contribution in [0.5, 0.6) is 0 Å². The van der Waals surface area contributed by atoms with Gasteiger partial charge in [0.2, 0.25) is 11.8 Å². The van der Waals surface area contributed by atoms with Crippen molar-refractivity contribution in [2.75, 3.05) is 6.54 Å². The van der Waals surface area contributed by atoms with Gasteiger partial charge in [0.15, 0.2) is 5.82 Å². The summed E-state index contributed by atoms with van der Waals surface area (Å²) in [5.74, 6) is 1.54. The topological polar surface area (TPSA) is 91.0 Å². The quantitative estimate of drug-likeness (QED) is 0.861. The lowest BCUT2D eigenvalue weighted by molar-refractivity contribution is -0.133. The molecule has 138 valence electrons. The maximum Gasteiger partial charge on any atom is 0.223 e. The van der Waals surface area contributed by atoms with E-state index in [0.29, 0.717) is 31.0 Å². The van der Waals surface area contributed by atoms with Crippen LogP contribution in [0.4, 0.5) is 0 Å². The fourth-order valence-corrected chi connectivity index (χ4v) is 3.37. The van der Waals surface area contributed by atoms with Crippen molar-refractivity contribution in [1.82, 2.24) is 25.4 Å². The van der Waals surface area contributed by atoms with E-state index in [-0.39, 0.29) is 29.8 Å². The number of amides is 2. The summed E-state index contributed by atoms with van der Waals surface area (Å²) in [6, 6.07) is 9.44. The molecule has 2 heterocycles. The third-order valence-electron chi connectivity index (χ3n) is 4.46. The van der Waals surface area contributed by atoms with Crippen LogP contribution in [0.15, 0.2) is 30.3 Å². The van der Waals surface area contributed by atoms with Crippen molar-refractivity contribution in [3.8, 4) is 11.4 Å². The van der Waals surface area contributed by atoms with Gasteiger partial charge in [0.05, 0.1) is 6.04 Å². The number of benzene rings is 1. The van der Waals surface area contributed by atoms with Crippen molar-refractivity contribution in [2.45, 2.75) is 45.7 Å². The molecule has 0 radical (unpaired) electrons. The average Bonchev–Trinajstić information content (AvgIpc) is 3.21. The van der Waals surface area contributed by atoms with Gasteiger partial charge in [-0.3, -0.25) is 14.7 Å². The molecule has 0 spiro atoms. The second-order valence-electron chi connectivity index (χ2n) is 7.20. The van der Waals surface area contributed by atoms with Crippen LogP contribution in [0.2, 0.25) is 0 Å². The Hall–Kier alpha value is -2.70. The number of hydrogen-bond acceptors (Lipinski definition) is 4. The van der Waals surface area contributed by atoms with E-state index in [1.54, 1.807) is 0 Å². The minimum absolute atomic E-state index is 0.0705. The van der Waals surface area contributed by atoms with Gasteiger partial charge in [-0.05, 0) is 12.3 Å². The molecule has 2 N–H and O–H groups in total. The number of aromatic amines is 1. The zero-order chi connectivity index (χ0) is 18.7. The molecule has 7 nitrogen and oxygen atoms in total. The molecule has 1 aliphatic heterocycles. The van der Waals surface area contributed by atoms with Crippen LogP contribution in [-0.2, 0) is 9.59 Å². The number of nitrogens with zero attached hydrogens (tertiary/aromatic N) is 3. The molecule has 1 aliphatic rings. The van der Waals surface area contributed by atoms with E-state index < -0.39 is 0 Å². The Labute approximate surface area is 153 Å². The fourth-order valence-electron chi connectivity index (χ4n) is 3.37. The lowest BCUT2D eigenvalue weighted by Gasteiger charge is -2.23. The second-order valence-corrected chi connectivity index (χ2v) is 7.20. The Bertz CT molecular complexity index is 771. The standard InChI is InChI=1S/C19H25N5O2/c1-12(2)9-17(26)24-11-15(20-13(3)25)10-16(24)19-21-18(22-23-19)14-7-5-4-6-8-14/h4-8,12,15-16H,9-11H2,1-3H3,(H,20,25)(H,21,22,23). The first-order valence-electron chi connectivity index (χ1n) is 8.98. The van der Waals surface area contributed by atoms with E-state index in [2.05, 4.69) is 20.5 Å². The molecule has 1 fully saturated rings. The fraction of sp³-hybridized carbons (Fsp3) is 0.474. The van der Waals surface area contributed by atoms with Crippen LogP contribution < -0.4 is 5.32 Å². The van der Waals surface area contributed by atoms with E-state index in [0.717, 1.165) is 5.56 Å². The Morgan fingerprint density at radius 3 is 2.69 bits per heavy atom. The second kappa shape index (κ2) is 7.68. The number of aromatic nitrogens is 3. The molecular formula is C19H25N5O2. The normalized spacial score (nSPS) is 19.8. The third-order valence-corrected chi connectivity index (χ3v) is 4.46. The summed E-state index contributed by atoms with van der Waals surface area (Å²) in [4.78, 5) is 30.6. The van der Waals surface area contributed by atoms with Gasteiger partial charge >= 0.3 is 0 Å². The van der Waals surface area contributed by atoms with E-state index >= 15 is 0 Å². The maximum atomic E-state index is 12.7. The third kappa shape index (κ3) is 4.09. The zero-order valence-corrected chi connectivity index (χ0v) is 15.4. The van der Waals surface area contributed by atoms with Crippen LogP contribution >= 0.6 is 0 Å². The van der Waals surface area contributed by atoms with E-state index in [9.17, 15) is 9.59 Å². The molecule has 1 aromatic heterocycles. The first-order chi connectivity index (χ1) is 12.4. The van der Waals surface area contributed by atoms with E-state index in [1.807, 2.05) is 49.1 Å². The summed E-state index contributed by atoms with van der Waals surface area (Å²) in [6.45, 7) is 6.04. The number of nitrogens with one attached hydrogen (secondary N) is 2. The van der Waals surface area contributed by atoms with Crippen LogP contribution in [0.1, 0.15) is 45.5 Å². The van der Waals surface area contributed by atoms with Crippen LogP contribution in [0.25, 0.3) is 11.4 Å². The predicted molar refractivity (Wildman–Crippen MR) is 97.9 cm³/mol. The van der Waals surface area contributed by atoms with Gasteiger partial charge in [-0.25, -0.2) is 4.98 Å². The molecule has 0 saturated carbocycles. The summed E-state index contributed by atoms with van der Waals surface area (Å²) < 4.78 is 0. The molecule has 0 aliphatic carbocycles. The maximum absolute atomic E-state index is 12.7. The number of rotatable bonds is 5. The number of H-pyrrole nitrogens is 1. The first kappa shape index (κ1) is 18.1. The van der Waals surface area contributed by atoms with Gasteiger partial charge in [-0.1, -0.05) is 44.2 Å². The van der Waals surface area contributed by atoms with Gasteiger partial charge < -0.3 is 10.2 Å². The molecule has 3 rings (SSSR count). The van der Waals surface area contributed by atoms with Crippen molar-refractivity contribution in [3.05, 3.63) is 36.2 Å². The van der Waals surface area contributed by atoms with Gasteiger partial charge in [-0.2, -0.15) is 5.10 Å². The highest BCUT2D eigenvalue weighted by Crippen LogP contribution is 2.32. The van der Waals surface area contributed by atoms with Gasteiger partial charge in [0.25, 0.3) is 0 Å². The van der Waals surface area contributed by atoms with Crippen LogP contribution in [0, 0.1) is 5.92 Å². The number of carbonyl (C=O) groups is 2. The Morgan fingerprint density at radius 1 is 1.31 bits per heavy atom. The van der Waals surface area contributed by atoms with Gasteiger partial charge in [-0.15, -0.1) is 0 Å². The summed E-state index contributed by atoms with van der Waals surface area (Å²) in [7, 11) is 0. The number of hydrogen-bond donors (Lipinski definition) is 2. The molecule has 1 aromatic carbocycles. The monoisotopic (exact) mass is 355 g/mol. The molecule has 7 heteroatoms. The summed E-state index contributed by atoms with van der Waals surface area (Å²) in [5.41, 5.74) is 0.923. The highest BCUT2D eigenvalue weighted by Gasteiger charge is 2.38. The first-order valence-corrected chi connectivity index (χ1v) is 8.98. The summed E-state index contributed by atoms with van der Waals surface area (Å²) in [6.07, 6.45) is 1.11. The molecule has 2 unspecified atom stereocenters. The highest BCUT2D eigenvalue weighted by atomic mass is 16.2. The van der Waals surface area contributed by atoms with Crippen molar-refractivity contribution >= 4 is 11.8 Å². The van der Waals surface area contributed by atoms with Gasteiger partial charge in [0, 0.05) is 31.5 Å². The number of likely N-dealkylation sites (tertiary alicyclic amines) is 1. The predicted octanol–water partition coefficient (Wildman–Crippen LogP) is 2.30. The smallest absolute Gasteiger partial charge is 0.223 e. The SMILES string of the molecule is CC(=O)NC1CC(c2nc(-c3ccccc3)n[nH]2)N(C(=O)CC(C)C)C1. The number of carbonyl (C=O) groups excluding carboxylic acids is 2. The van der Waals surface area contributed by atoms with Crippen LogP contribution in [-0.4, -0.2) is 44.5 Å². The molecule has 0 bridgehead atoms. The molecule has 1 saturated heterocycles. The molecule has 2 amide bonds. The Balaban J connectivity index is 1.83. The minimum Gasteiger partial charge on any atom is -0.352 e. The van der Waals surface area contributed by atoms with E-state index in [4.69, 9.17) is 0 Å². The Morgan fingerprint density at radius 2 is 2.04 bits per heavy atom. The van der Waals surface area contributed by atoms with Crippen LogP contribution in [0.3, 0.4) is 0 Å². The van der Waals surface area contributed by atoms with Crippen molar-refractivity contribution in [3.63, 3.8) is 0 Å². The molecular weight excluding hydrogens is 330 g/mol. The average molecular weight is 355 g/mol. The largest absolute Gasteiger partial charge is 0.352 e. The summed E-state index contributed by atoms with van der Waals surface area (Å²) in [5, 5.41) is 10.2.